The highest BCUT2D eigenvalue weighted by Gasteiger charge is 2.31. The average Bonchev–Trinajstić information content (AvgIpc) is 3.42. The molecular formula is C21H24N2O4S. The van der Waals surface area contributed by atoms with Gasteiger partial charge in [0.05, 0.1) is 18.9 Å². The third kappa shape index (κ3) is 3.97. The minimum atomic E-state index is -0.0215. The quantitative estimate of drug-likeness (QED) is 0.646. The lowest BCUT2D eigenvalue weighted by Gasteiger charge is -2.27. The van der Waals surface area contributed by atoms with E-state index in [1.165, 1.54) is 11.3 Å². The topological polar surface area (TPSA) is 64.8 Å². The number of Topliss-reactive ketones (excluding diaryl/α,β-unsaturated/α-hetero) is 1. The maximum Gasteiger partial charge on any atom is 0.191 e. The highest BCUT2D eigenvalue weighted by molar-refractivity contribution is 7.18. The highest BCUT2D eigenvalue weighted by atomic mass is 32.1. The van der Waals surface area contributed by atoms with Crippen LogP contribution in [-0.2, 0) is 9.47 Å². The Labute approximate surface area is 168 Å². The molecule has 4 rings (SSSR count). The van der Waals surface area contributed by atoms with Crippen molar-refractivity contribution < 1.29 is 18.7 Å². The number of carbonyl (C=O) groups is 1. The Balaban J connectivity index is 1.68. The number of aromatic nitrogens is 1. The van der Waals surface area contributed by atoms with Gasteiger partial charge in [0.2, 0.25) is 0 Å². The number of hydrogen-bond acceptors (Lipinski definition) is 7. The van der Waals surface area contributed by atoms with Gasteiger partial charge in [0.25, 0.3) is 0 Å². The van der Waals surface area contributed by atoms with Crippen LogP contribution in [0.25, 0.3) is 11.5 Å². The normalized spacial score (nSPS) is 20.0. The molecule has 0 aliphatic carbocycles. The van der Waals surface area contributed by atoms with E-state index in [0.717, 1.165) is 18.0 Å². The maximum atomic E-state index is 13.3. The summed E-state index contributed by atoms with van der Waals surface area (Å²) < 4.78 is 16.6. The van der Waals surface area contributed by atoms with Gasteiger partial charge >= 0.3 is 0 Å². The second-order valence-corrected chi connectivity index (χ2v) is 7.74. The fraction of sp³-hybridized carbons (Fsp3) is 0.429. The van der Waals surface area contributed by atoms with Crippen LogP contribution < -0.4 is 4.90 Å². The summed E-state index contributed by atoms with van der Waals surface area (Å²) in [6.07, 6.45) is 11.2. The molecule has 2 aromatic rings. The predicted octanol–water partition coefficient (Wildman–Crippen LogP) is 4.31. The number of nitrogens with zero attached hydrogens (tertiary/aromatic N) is 2. The first-order valence-electron chi connectivity index (χ1n) is 9.65. The summed E-state index contributed by atoms with van der Waals surface area (Å²) in [5.74, 6) is 0.735. The molecule has 4 heterocycles. The summed E-state index contributed by atoms with van der Waals surface area (Å²) in [5, 5.41) is 0.770. The van der Waals surface area contributed by atoms with E-state index in [4.69, 9.17) is 18.9 Å². The SMILES string of the molecule is CCOCC1C=CC=CN1c1nc(-c2ccco2)c(C(=O)C2CCOCC2)s1. The average molecular weight is 401 g/mol. The maximum absolute atomic E-state index is 13.3. The predicted molar refractivity (Wildman–Crippen MR) is 109 cm³/mol. The van der Waals surface area contributed by atoms with E-state index in [1.807, 2.05) is 37.4 Å². The van der Waals surface area contributed by atoms with Crippen LogP contribution in [0.2, 0.25) is 0 Å². The first kappa shape index (κ1) is 19.1. The molecule has 148 valence electrons. The van der Waals surface area contributed by atoms with Crippen molar-refractivity contribution in [1.82, 2.24) is 4.98 Å². The van der Waals surface area contributed by atoms with Crippen molar-refractivity contribution in [1.29, 1.82) is 0 Å². The molecule has 1 unspecified atom stereocenters. The summed E-state index contributed by atoms with van der Waals surface area (Å²) in [6.45, 7) is 4.47. The van der Waals surface area contributed by atoms with E-state index < -0.39 is 0 Å². The lowest BCUT2D eigenvalue weighted by Crippen LogP contribution is -2.34. The number of carbonyl (C=O) groups excluding carboxylic acids is 1. The summed E-state index contributed by atoms with van der Waals surface area (Å²) >= 11 is 1.43. The zero-order chi connectivity index (χ0) is 19.3. The Morgan fingerprint density at radius 2 is 2.21 bits per heavy atom. The molecular weight excluding hydrogens is 376 g/mol. The lowest BCUT2D eigenvalue weighted by atomic mass is 9.94. The number of thiazole rings is 1. The number of anilines is 1. The summed E-state index contributed by atoms with van der Waals surface area (Å²) in [5.41, 5.74) is 0.625. The van der Waals surface area contributed by atoms with Gasteiger partial charge in [-0.25, -0.2) is 4.98 Å². The molecule has 0 radical (unpaired) electrons. The van der Waals surface area contributed by atoms with Crippen molar-refractivity contribution in [2.24, 2.45) is 5.92 Å². The fourth-order valence-electron chi connectivity index (χ4n) is 3.43. The van der Waals surface area contributed by atoms with Crippen molar-refractivity contribution in [2.45, 2.75) is 25.8 Å². The van der Waals surface area contributed by atoms with E-state index in [0.29, 0.717) is 42.8 Å². The molecule has 2 aliphatic rings. The van der Waals surface area contributed by atoms with Gasteiger partial charge in [0, 0.05) is 31.9 Å². The van der Waals surface area contributed by atoms with Crippen molar-refractivity contribution in [2.75, 3.05) is 31.3 Å². The molecule has 28 heavy (non-hydrogen) atoms. The first-order chi connectivity index (χ1) is 13.8. The van der Waals surface area contributed by atoms with Crippen LogP contribution in [0.15, 0.2) is 47.2 Å². The molecule has 6 nitrogen and oxygen atoms in total. The molecule has 0 amide bonds. The minimum Gasteiger partial charge on any atom is -0.463 e. The third-order valence-electron chi connectivity index (χ3n) is 4.95. The smallest absolute Gasteiger partial charge is 0.191 e. The van der Waals surface area contributed by atoms with Gasteiger partial charge in [-0.15, -0.1) is 0 Å². The van der Waals surface area contributed by atoms with Crippen molar-refractivity contribution in [3.63, 3.8) is 0 Å². The van der Waals surface area contributed by atoms with Gasteiger partial charge in [-0.05, 0) is 38.0 Å². The standard InChI is InChI=1S/C21H24N2O4S/c1-2-25-14-16-6-3-4-10-23(16)21-22-18(17-7-5-11-27-17)20(28-21)19(24)15-8-12-26-13-9-15/h3-7,10-11,15-16H,2,8-9,12-14H2,1H3. The Hall–Kier alpha value is -2.22. The molecule has 2 aliphatic heterocycles. The molecule has 1 atom stereocenters. The van der Waals surface area contributed by atoms with Gasteiger partial charge in [-0.1, -0.05) is 23.5 Å². The number of allylic oxidation sites excluding steroid dienone is 2. The summed E-state index contributed by atoms with van der Waals surface area (Å²) in [6, 6.07) is 3.72. The van der Waals surface area contributed by atoms with Crippen LogP contribution in [0, 0.1) is 5.92 Å². The number of furan rings is 1. The van der Waals surface area contributed by atoms with Crippen LogP contribution in [0.4, 0.5) is 5.13 Å². The monoisotopic (exact) mass is 400 g/mol. The molecule has 0 aromatic carbocycles. The Morgan fingerprint density at radius 1 is 1.36 bits per heavy atom. The second kappa shape index (κ2) is 8.86. The Kier molecular flexibility index (Phi) is 6.04. The zero-order valence-corrected chi connectivity index (χ0v) is 16.7. The number of ether oxygens (including phenoxy) is 2. The van der Waals surface area contributed by atoms with E-state index in [1.54, 1.807) is 6.26 Å². The molecule has 2 aromatic heterocycles. The minimum absolute atomic E-state index is 0.0215. The Morgan fingerprint density at radius 3 is 2.96 bits per heavy atom. The molecule has 0 saturated carbocycles. The van der Waals surface area contributed by atoms with Gasteiger partial charge in [-0.2, -0.15) is 0 Å². The van der Waals surface area contributed by atoms with E-state index >= 15 is 0 Å². The van der Waals surface area contributed by atoms with Crippen molar-refractivity contribution in [3.05, 3.63) is 47.7 Å². The van der Waals surface area contributed by atoms with Crippen LogP contribution in [0.3, 0.4) is 0 Å². The fourth-order valence-corrected chi connectivity index (χ4v) is 4.56. The van der Waals surface area contributed by atoms with Crippen molar-refractivity contribution in [3.8, 4) is 11.5 Å². The molecule has 1 fully saturated rings. The number of rotatable bonds is 7. The molecule has 1 saturated heterocycles. The van der Waals surface area contributed by atoms with Crippen LogP contribution >= 0.6 is 11.3 Å². The summed E-state index contributed by atoms with van der Waals surface area (Å²) in [7, 11) is 0. The number of ketones is 1. The van der Waals surface area contributed by atoms with Crippen LogP contribution in [-0.4, -0.2) is 43.2 Å². The van der Waals surface area contributed by atoms with Gasteiger partial charge < -0.3 is 18.8 Å². The molecule has 0 bridgehead atoms. The van der Waals surface area contributed by atoms with E-state index in [2.05, 4.69) is 11.0 Å². The third-order valence-corrected chi connectivity index (χ3v) is 6.03. The second-order valence-electron chi connectivity index (χ2n) is 6.76. The van der Waals surface area contributed by atoms with E-state index in [9.17, 15) is 4.79 Å². The summed E-state index contributed by atoms with van der Waals surface area (Å²) in [4.78, 5) is 20.8. The molecule has 0 N–H and O–H groups in total. The van der Waals surface area contributed by atoms with E-state index in [-0.39, 0.29) is 17.7 Å². The first-order valence-corrected chi connectivity index (χ1v) is 10.5. The van der Waals surface area contributed by atoms with Crippen LogP contribution in [0.1, 0.15) is 29.4 Å². The number of hydrogen-bond donors (Lipinski definition) is 0. The lowest BCUT2D eigenvalue weighted by molar-refractivity contribution is 0.0547. The van der Waals surface area contributed by atoms with Crippen molar-refractivity contribution >= 4 is 22.3 Å². The van der Waals surface area contributed by atoms with Gasteiger partial charge in [0.15, 0.2) is 16.7 Å². The van der Waals surface area contributed by atoms with Gasteiger partial charge in [0.1, 0.15) is 10.6 Å². The Bertz CT molecular complexity index is 850. The van der Waals surface area contributed by atoms with Crippen LogP contribution in [0.5, 0.6) is 0 Å². The zero-order valence-electron chi connectivity index (χ0n) is 15.9. The highest BCUT2D eigenvalue weighted by Crippen LogP contribution is 2.37. The molecule has 7 heteroatoms. The molecule has 0 spiro atoms. The largest absolute Gasteiger partial charge is 0.463 e. The van der Waals surface area contributed by atoms with Gasteiger partial charge in [-0.3, -0.25) is 4.79 Å².